The van der Waals surface area contributed by atoms with E-state index in [4.69, 9.17) is 19.6 Å². The summed E-state index contributed by atoms with van der Waals surface area (Å²) >= 11 is 0. The lowest BCUT2D eigenvalue weighted by molar-refractivity contribution is -0.149. The van der Waals surface area contributed by atoms with Gasteiger partial charge in [-0.1, -0.05) is 0 Å². The third-order valence-corrected chi connectivity index (χ3v) is 4.84. The molecule has 2 atom stereocenters. The second kappa shape index (κ2) is 6.29. The molecule has 0 aliphatic carbocycles. The van der Waals surface area contributed by atoms with Crippen LogP contribution in [0.3, 0.4) is 0 Å². The van der Waals surface area contributed by atoms with Crippen molar-refractivity contribution in [2.75, 3.05) is 19.8 Å². The number of aryl methyl sites for hydroxylation is 1. The van der Waals surface area contributed by atoms with Crippen LogP contribution in [0.2, 0.25) is 0 Å². The van der Waals surface area contributed by atoms with Gasteiger partial charge in [0.25, 0.3) is 0 Å². The van der Waals surface area contributed by atoms with Crippen LogP contribution < -0.4 is 5.73 Å². The average Bonchev–Trinajstić information content (AvgIpc) is 2.99. The Labute approximate surface area is 120 Å². The van der Waals surface area contributed by atoms with Gasteiger partial charge in [-0.25, -0.2) is 0 Å². The molecule has 0 bridgehead atoms. The summed E-state index contributed by atoms with van der Waals surface area (Å²) in [5, 5.41) is 0. The second-order valence-corrected chi connectivity index (χ2v) is 6.18. The molecule has 0 saturated carbocycles. The summed E-state index contributed by atoms with van der Waals surface area (Å²) in [7, 11) is 0. The fraction of sp³-hybridized carbons (Fsp3) is 0.750. The zero-order valence-corrected chi connectivity index (χ0v) is 12.1. The average molecular weight is 279 g/mol. The fourth-order valence-electron chi connectivity index (χ4n) is 3.52. The van der Waals surface area contributed by atoms with Gasteiger partial charge in [-0.05, 0) is 50.2 Å². The molecule has 2 N–H and O–H groups in total. The van der Waals surface area contributed by atoms with E-state index in [1.807, 2.05) is 12.1 Å². The molecule has 0 radical (unpaired) electrons. The van der Waals surface area contributed by atoms with Crippen molar-refractivity contribution in [1.82, 2.24) is 0 Å². The first-order valence-corrected chi connectivity index (χ1v) is 7.77. The van der Waals surface area contributed by atoms with Gasteiger partial charge in [0, 0.05) is 32.3 Å². The molecule has 4 nitrogen and oxygen atoms in total. The smallest absolute Gasteiger partial charge is 0.103 e. The fourth-order valence-corrected chi connectivity index (χ4v) is 3.52. The quantitative estimate of drug-likeness (QED) is 0.920. The molecule has 112 valence electrons. The SMILES string of the molecule is NC(CCc1ccco1)C1CCOC2(CCOCC2)C1. The normalized spacial score (nSPS) is 27.6. The van der Waals surface area contributed by atoms with E-state index < -0.39 is 0 Å². The summed E-state index contributed by atoms with van der Waals surface area (Å²) in [5.41, 5.74) is 6.47. The molecular weight excluding hydrogens is 254 g/mol. The van der Waals surface area contributed by atoms with Crippen molar-refractivity contribution in [2.24, 2.45) is 11.7 Å². The molecule has 2 fully saturated rings. The molecule has 2 unspecified atom stereocenters. The number of nitrogens with two attached hydrogens (primary N) is 1. The zero-order valence-electron chi connectivity index (χ0n) is 12.1. The zero-order chi connectivity index (χ0) is 13.8. The van der Waals surface area contributed by atoms with Crippen molar-refractivity contribution in [2.45, 2.75) is 50.2 Å². The third-order valence-electron chi connectivity index (χ3n) is 4.84. The number of furan rings is 1. The largest absolute Gasteiger partial charge is 0.469 e. The highest BCUT2D eigenvalue weighted by Gasteiger charge is 2.40. The lowest BCUT2D eigenvalue weighted by Gasteiger charge is -2.44. The van der Waals surface area contributed by atoms with Gasteiger partial charge >= 0.3 is 0 Å². The van der Waals surface area contributed by atoms with E-state index in [9.17, 15) is 0 Å². The van der Waals surface area contributed by atoms with Gasteiger partial charge in [0.2, 0.25) is 0 Å². The molecule has 3 heterocycles. The first kappa shape index (κ1) is 14.1. The van der Waals surface area contributed by atoms with E-state index in [0.29, 0.717) is 5.92 Å². The van der Waals surface area contributed by atoms with Gasteiger partial charge in [-0.2, -0.15) is 0 Å². The van der Waals surface area contributed by atoms with Gasteiger partial charge in [0.15, 0.2) is 0 Å². The van der Waals surface area contributed by atoms with Crippen LogP contribution in [0.1, 0.15) is 37.9 Å². The first-order chi connectivity index (χ1) is 9.77. The monoisotopic (exact) mass is 279 g/mol. The van der Waals surface area contributed by atoms with E-state index in [-0.39, 0.29) is 11.6 Å². The lowest BCUT2D eigenvalue weighted by Crippen LogP contribution is -2.48. The molecule has 1 aromatic rings. The summed E-state index contributed by atoms with van der Waals surface area (Å²) in [6, 6.07) is 4.20. The van der Waals surface area contributed by atoms with Crippen molar-refractivity contribution in [1.29, 1.82) is 0 Å². The van der Waals surface area contributed by atoms with Crippen LogP contribution in [0.4, 0.5) is 0 Å². The van der Waals surface area contributed by atoms with Crippen LogP contribution in [0.25, 0.3) is 0 Å². The van der Waals surface area contributed by atoms with Gasteiger partial charge in [0.05, 0.1) is 11.9 Å². The maximum atomic E-state index is 6.43. The summed E-state index contributed by atoms with van der Waals surface area (Å²) in [5.74, 6) is 1.60. The molecule has 3 rings (SSSR count). The van der Waals surface area contributed by atoms with Gasteiger partial charge in [-0.3, -0.25) is 0 Å². The first-order valence-electron chi connectivity index (χ1n) is 7.77. The van der Waals surface area contributed by atoms with E-state index in [1.54, 1.807) is 6.26 Å². The topological polar surface area (TPSA) is 57.6 Å². The Balaban J connectivity index is 1.53. The highest BCUT2D eigenvalue weighted by molar-refractivity contribution is 4.99. The van der Waals surface area contributed by atoms with Crippen LogP contribution in [0, 0.1) is 5.92 Å². The highest BCUT2D eigenvalue weighted by Crippen LogP contribution is 2.38. The van der Waals surface area contributed by atoms with Crippen LogP contribution in [0.15, 0.2) is 22.8 Å². The van der Waals surface area contributed by atoms with Gasteiger partial charge < -0.3 is 19.6 Å². The minimum absolute atomic E-state index is 0.0451. The summed E-state index contributed by atoms with van der Waals surface area (Å²) in [6.45, 7) is 2.50. The van der Waals surface area contributed by atoms with Crippen molar-refractivity contribution in [3.63, 3.8) is 0 Å². The van der Waals surface area contributed by atoms with Crippen LogP contribution in [-0.4, -0.2) is 31.5 Å². The second-order valence-electron chi connectivity index (χ2n) is 6.18. The maximum absolute atomic E-state index is 6.43. The Morgan fingerprint density at radius 1 is 1.30 bits per heavy atom. The third kappa shape index (κ3) is 3.25. The van der Waals surface area contributed by atoms with E-state index in [1.165, 1.54) is 0 Å². The van der Waals surface area contributed by atoms with Crippen LogP contribution in [-0.2, 0) is 15.9 Å². The van der Waals surface area contributed by atoms with Crippen LogP contribution >= 0.6 is 0 Å². The standard InChI is InChI=1S/C16H25NO3/c17-15(4-3-14-2-1-8-19-14)13-5-9-20-16(12-13)6-10-18-11-7-16/h1-2,8,13,15H,3-7,9-12,17H2. The minimum atomic E-state index is 0.0451. The molecule has 0 amide bonds. The molecule has 20 heavy (non-hydrogen) atoms. The molecule has 4 heteroatoms. The molecular formula is C16H25NO3. The Morgan fingerprint density at radius 2 is 2.15 bits per heavy atom. The summed E-state index contributed by atoms with van der Waals surface area (Å²) < 4.78 is 16.9. The number of hydrogen-bond donors (Lipinski definition) is 1. The number of ether oxygens (including phenoxy) is 2. The molecule has 0 aromatic carbocycles. The van der Waals surface area contributed by atoms with Gasteiger partial charge in [0.1, 0.15) is 5.76 Å². The Hall–Kier alpha value is -0.840. The summed E-state index contributed by atoms with van der Waals surface area (Å²) in [4.78, 5) is 0. The van der Waals surface area contributed by atoms with Crippen molar-refractivity contribution in [3.05, 3.63) is 24.2 Å². The van der Waals surface area contributed by atoms with Crippen molar-refractivity contribution < 1.29 is 13.9 Å². The Bertz CT molecular complexity index is 392. The lowest BCUT2D eigenvalue weighted by atomic mass is 9.77. The molecule has 2 saturated heterocycles. The molecule has 2 aliphatic rings. The molecule has 2 aliphatic heterocycles. The van der Waals surface area contributed by atoms with E-state index in [0.717, 1.165) is 64.1 Å². The van der Waals surface area contributed by atoms with Crippen LogP contribution in [0.5, 0.6) is 0 Å². The predicted molar refractivity (Wildman–Crippen MR) is 76.5 cm³/mol. The molecule has 1 aromatic heterocycles. The van der Waals surface area contributed by atoms with Crippen molar-refractivity contribution >= 4 is 0 Å². The minimum Gasteiger partial charge on any atom is -0.469 e. The maximum Gasteiger partial charge on any atom is 0.103 e. The summed E-state index contributed by atoms with van der Waals surface area (Å²) in [6.07, 6.45) is 7.87. The van der Waals surface area contributed by atoms with Crippen molar-refractivity contribution in [3.8, 4) is 0 Å². The number of hydrogen-bond acceptors (Lipinski definition) is 4. The Morgan fingerprint density at radius 3 is 2.90 bits per heavy atom. The van der Waals surface area contributed by atoms with Gasteiger partial charge in [-0.15, -0.1) is 0 Å². The molecule has 1 spiro atoms. The predicted octanol–water partition coefficient (Wildman–Crippen LogP) is 2.52. The van der Waals surface area contributed by atoms with E-state index in [2.05, 4.69) is 0 Å². The van der Waals surface area contributed by atoms with E-state index >= 15 is 0 Å². The Kier molecular flexibility index (Phi) is 4.44. The highest BCUT2D eigenvalue weighted by atomic mass is 16.5. The number of rotatable bonds is 4.